The maximum atomic E-state index is 12.7. The number of carbonyl (C=O) groups excluding carboxylic acids is 2. The Balaban J connectivity index is 1.54. The standard InChI is InChI=1S/C19H17N3O2S/c1-12-5-2-3-6-13(12)17-11-20-19(25-17)21-18(24)15-8-9-16(23)14-7-4-10-22(14)15/h2-7,10-11,15H,8-9H2,1H3,(H,20,21,24). The van der Waals surface area contributed by atoms with Gasteiger partial charge < -0.3 is 9.88 Å². The topological polar surface area (TPSA) is 64.0 Å². The summed E-state index contributed by atoms with van der Waals surface area (Å²) in [7, 11) is 0. The van der Waals surface area contributed by atoms with Crippen LogP contribution in [0.5, 0.6) is 0 Å². The van der Waals surface area contributed by atoms with Gasteiger partial charge >= 0.3 is 0 Å². The quantitative estimate of drug-likeness (QED) is 0.773. The van der Waals surface area contributed by atoms with Crippen molar-refractivity contribution in [2.45, 2.75) is 25.8 Å². The molecule has 0 saturated carbocycles. The molecule has 2 aromatic heterocycles. The Labute approximate surface area is 149 Å². The van der Waals surface area contributed by atoms with Crippen molar-refractivity contribution in [3.05, 3.63) is 60.0 Å². The third kappa shape index (κ3) is 2.89. The molecule has 0 spiro atoms. The number of fused-ring (bicyclic) bond motifs is 1. The summed E-state index contributed by atoms with van der Waals surface area (Å²) in [5.41, 5.74) is 2.90. The van der Waals surface area contributed by atoms with Crippen LogP contribution in [0.15, 0.2) is 48.8 Å². The molecule has 1 atom stereocenters. The SMILES string of the molecule is Cc1ccccc1-c1cnc(NC(=O)C2CCC(=O)c3cccn32)s1. The predicted molar refractivity (Wildman–Crippen MR) is 98.0 cm³/mol. The van der Waals surface area contributed by atoms with Crippen LogP contribution in [0.2, 0.25) is 0 Å². The van der Waals surface area contributed by atoms with Gasteiger partial charge in [0.15, 0.2) is 10.9 Å². The lowest BCUT2D eigenvalue weighted by molar-refractivity contribution is -0.119. The Morgan fingerprint density at radius 1 is 1.28 bits per heavy atom. The zero-order valence-corrected chi connectivity index (χ0v) is 14.5. The van der Waals surface area contributed by atoms with Crippen LogP contribution in [-0.2, 0) is 4.79 Å². The van der Waals surface area contributed by atoms with Crippen molar-refractivity contribution in [1.82, 2.24) is 9.55 Å². The Morgan fingerprint density at radius 2 is 2.12 bits per heavy atom. The summed E-state index contributed by atoms with van der Waals surface area (Å²) < 4.78 is 1.76. The van der Waals surface area contributed by atoms with Gasteiger partial charge in [-0.3, -0.25) is 9.59 Å². The van der Waals surface area contributed by atoms with Gasteiger partial charge in [-0.05, 0) is 36.6 Å². The van der Waals surface area contributed by atoms with E-state index in [0.717, 1.165) is 10.4 Å². The average molecular weight is 351 g/mol. The highest BCUT2D eigenvalue weighted by atomic mass is 32.1. The maximum Gasteiger partial charge on any atom is 0.249 e. The van der Waals surface area contributed by atoms with Gasteiger partial charge in [0.05, 0.1) is 10.6 Å². The summed E-state index contributed by atoms with van der Waals surface area (Å²) in [5.74, 6) is -0.0410. The Kier molecular flexibility index (Phi) is 3.97. The number of amides is 1. The van der Waals surface area contributed by atoms with Crippen LogP contribution in [-0.4, -0.2) is 21.2 Å². The maximum absolute atomic E-state index is 12.7. The normalized spacial score (nSPS) is 16.5. The second-order valence-electron chi connectivity index (χ2n) is 6.11. The molecular weight excluding hydrogens is 334 g/mol. The van der Waals surface area contributed by atoms with Gasteiger partial charge in [0.25, 0.3) is 0 Å². The number of hydrogen-bond acceptors (Lipinski definition) is 4. The first kappa shape index (κ1) is 15.8. The van der Waals surface area contributed by atoms with Crippen molar-refractivity contribution in [3.8, 4) is 10.4 Å². The molecule has 1 N–H and O–H groups in total. The van der Waals surface area contributed by atoms with E-state index in [1.165, 1.54) is 16.9 Å². The molecule has 6 heteroatoms. The molecule has 3 aromatic rings. The van der Waals surface area contributed by atoms with Crippen LogP contribution in [0.4, 0.5) is 5.13 Å². The number of anilines is 1. The molecule has 1 aliphatic heterocycles. The lowest BCUT2D eigenvalue weighted by Gasteiger charge is -2.24. The third-order valence-corrected chi connectivity index (χ3v) is 5.44. The largest absolute Gasteiger partial charge is 0.333 e. The van der Waals surface area contributed by atoms with Gasteiger partial charge in [0.2, 0.25) is 5.91 Å². The van der Waals surface area contributed by atoms with Gasteiger partial charge in [0.1, 0.15) is 6.04 Å². The van der Waals surface area contributed by atoms with Crippen molar-refractivity contribution in [3.63, 3.8) is 0 Å². The van der Waals surface area contributed by atoms with E-state index in [4.69, 9.17) is 0 Å². The Bertz CT molecular complexity index is 957. The Hall–Kier alpha value is -2.73. The molecule has 4 rings (SSSR count). The van der Waals surface area contributed by atoms with Crippen molar-refractivity contribution >= 4 is 28.2 Å². The fourth-order valence-electron chi connectivity index (χ4n) is 3.19. The predicted octanol–water partition coefficient (Wildman–Crippen LogP) is 4.08. The van der Waals surface area contributed by atoms with Crippen molar-refractivity contribution in [2.24, 2.45) is 0 Å². The van der Waals surface area contributed by atoms with E-state index in [-0.39, 0.29) is 17.7 Å². The van der Waals surface area contributed by atoms with Crippen LogP contribution in [0, 0.1) is 6.92 Å². The number of ketones is 1. The smallest absolute Gasteiger partial charge is 0.249 e. The lowest BCUT2D eigenvalue weighted by atomic mass is 10.0. The fourth-order valence-corrected chi connectivity index (χ4v) is 4.10. The molecule has 0 saturated heterocycles. The minimum Gasteiger partial charge on any atom is -0.333 e. The van der Waals surface area contributed by atoms with Crippen LogP contribution < -0.4 is 5.32 Å². The molecule has 0 radical (unpaired) electrons. The molecular formula is C19H17N3O2S. The van der Waals surface area contributed by atoms with Crippen LogP contribution in [0.25, 0.3) is 10.4 Å². The number of hydrogen-bond donors (Lipinski definition) is 1. The van der Waals surface area contributed by atoms with Gasteiger partial charge in [-0.2, -0.15) is 0 Å². The number of carbonyl (C=O) groups is 2. The van der Waals surface area contributed by atoms with Crippen molar-refractivity contribution < 1.29 is 9.59 Å². The average Bonchev–Trinajstić information content (AvgIpc) is 3.25. The molecule has 1 aromatic carbocycles. The van der Waals surface area contributed by atoms with Gasteiger partial charge in [-0.25, -0.2) is 4.98 Å². The Morgan fingerprint density at radius 3 is 2.96 bits per heavy atom. The minimum atomic E-state index is -0.367. The van der Waals surface area contributed by atoms with E-state index in [9.17, 15) is 9.59 Å². The first-order chi connectivity index (χ1) is 12.1. The number of nitrogens with one attached hydrogen (secondary N) is 1. The molecule has 1 amide bonds. The van der Waals surface area contributed by atoms with Crippen molar-refractivity contribution in [2.75, 3.05) is 5.32 Å². The fraction of sp³-hybridized carbons (Fsp3) is 0.211. The molecule has 0 fully saturated rings. The van der Waals surface area contributed by atoms with E-state index in [1.54, 1.807) is 29.1 Å². The van der Waals surface area contributed by atoms with Gasteiger partial charge in [-0.15, -0.1) is 0 Å². The number of aryl methyl sites for hydroxylation is 1. The molecule has 1 aliphatic rings. The highest BCUT2D eigenvalue weighted by Gasteiger charge is 2.29. The number of thiazole rings is 1. The molecule has 0 bridgehead atoms. The highest BCUT2D eigenvalue weighted by Crippen LogP contribution is 2.32. The van der Waals surface area contributed by atoms with Crippen LogP contribution in [0.3, 0.4) is 0 Å². The minimum absolute atomic E-state index is 0.0881. The number of aromatic nitrogens is 2. The number of benzene rings is 1. The number of rotatable bonds is 3. The zero-order valence-electron chi connectivity index (χ0n) is 13.7. The second-order valence-corrected chi connectivity index (χ2v) is 7.14. The summed E-state index contributed by atoms with van der Waals surface area (Å²) in [6, 6.07) is 11.3. The monoisotopic (exact) mass is 351 g/mol. The molecule has 126 valence electrons. The first-order valence-corrected chi connectivity index (χ1v) is 8.98. The lowest BCUT2D eigenvalue weighted by Crippen LogP contribution is -2.31. The molecule has 5 nitrogen and oxygen atoms in total. The van der Waals surface area contributed by atoms with E-state index >= 15 is 0 Å². The first-order valence-electron chi connectivity index (χ1n) is 8.16. The molecule has 0 aliphatic carbocycles. The van der Waals surface area contributed by atoms with Gasteiger partial charge in [0, 0.05) is 18.8 Å². The van der Waals surface area contributed by atoms with Crippen molar-refractivity contribution in [1.29, 1.82) is 0 Å². The highest BCUT2D eigenvalue weighted by molar-refractivity contribution is 7.19. The van der Waals surface area contributed by atoms with E-state index in [1.807, 2.05) is 18.2 Å². The molecule has 25 heavy (non-hydrogen) atoms. The number of nitrogens with zero attached hydrogens (tertiary/aromatic N) is 2. The summed E-state index contributed by atoms with van der Waals surface area (Å²) in [6.45, 7) is 2.06. The number of Topliss-reactive ketones (excluding diaryl/α,β-unsaturated/α-hetero) is 1. The molecule has 3 heterocycles. The zero-order chi connectivity index (χ0) is 17.4. The summed E-state index contributed by atoms with van der Waals surface area (Å²) in [6.07, 6.45) is 4.49. The summed E-state index contributed by atoms with van der Waals surface area (Å²) >= 11 is 1.46. The van der Waals surface area contributed by atoms with E-state index in [0.29, 0.717) is 23.7 Å². The van der Waals surface area contributed by atoms with E-state index in [2.05, 4.69) is 23.3 Å². The summed E-state index contributed by atoms with van der Waals surface area (Å²) in [5, 5.41) is 3.48. The van der Waals surface area contributed by atoms with E-state index < -0.39 is 0 Å². The molecule has 1 unspecified atom stereocenters. The third-order valence-electron chi connectivity index (χ3n) is 4.49. The van der Waals surface area contributed by atoms with Crippen LogP contribution >= 0.6 is 11.3 Å². The summed E-state index contributed by atoms with van der Waals surface area (Å²) in [4.78, 5) is 29.9. The van der Waals surface area contributed by atoms with Crippen LogP contribution in [0.1, 0.15) is 34.9 Å². The van der Waals surface area contributed by atoms with Gasteiger partial charge in [-0.1, -0.05) is 35.6 Å². The second kappa shape index (κ2) is 6.29.